The third kappa shape index (κ3) is 3.95. The summed E-state index contributed by atoms with van der Waals surface area (Å²) in [5.41, 5.74) is -2.83. The van der Waals surface area contributed by atoms with Crippen molar-refractivity contribution in [2.75, 3.05) is 0 Å². The van der Waals surface area contributed by atoms with Crippen molar-refractivity contribution in [2.24, 2.45) is 0 Å². The Hall–Kier alpha value is -3.50. The number of hydrogen-bond acceptors (Lipinski definition) is 3. The van der Waals surface area contributed by atoms with E-state index in [0.717, 1.165) is 41.2 Å². The van der Waals surface area contributed by atoms with Gasteiger partial charge in [0.05, 0.1) is 12.2 Å². The summed E-state index contributed by atoms with van der Waals surface area (Å²) < 4.78 is 67.7. The number of rotatable bonds is 5. The predicted octanol–water partition coefficient (Wildman–Crippen LogP) is 3.78. The number of aromatic carboxylic acids is 1. The molecule has 158 valence electrons. The van der Waals surface area contributed by atoms with Gasteiger partial charge in [0.2, 0.25) is 0 Å². The van der Waals surface area contributed by atoms with Crippen LogP contribution in [0.5, 0.6) is 0 Å². The number of carbonyl (C=O) groups is 1. The van der Waals surface area contributed by atoms with Crippen molar-refractivity contribution in [3.8, 4) is 11.3 Å². The molecule has 0 aliphatic carbocycles. The van der Waals surface area contributed by atoms with Crippen LogP contribution in [0.4, 0.5) is 22.0 Å². The average Bonchev–Trinajstić information content (AvgIpc) is 3.12. The molecule has 2 heterocycles. The molecule has 0 aliphatic heterocycles. The van der Waals surface area contributed by atoms with Crippen molar-refractivity contribution in [1.82, 2.24) is 14.3 Å². The van der Waals surface area contributed by atoms with E-state index in [4.69, 9.17) is 0 Å². The maximum atomic E-state index is 13.8. The third-order valence-corrected chi connectivity index (χ3v) is 4.38. The highest BCUT2D eigenvalue weighted by molar-refractivity contribution is 5.95. The molecule has 3 rings (SSSR count). The lowest BCUT2D eigenvalue weighted by molar-refractivity contribution is -0.141. The Morgan fingerprint density at radius 3 is 2.37 bits per heavy atom. The van der Waals surface area contributed by atoms with Crippen molar-refractivity contribution in [1.29, 1.82) is 0 Å². The zero-order chi connectivity index (χ0) is 22.2. The molecule has 1 N–H and O–H groups in total. The summed E-state index contributed by atoms with van der Waals surface area (Å²) in [5, 5.41) is 12.9. The van der Waals surface area contributed by atoms with Crippen LogP contribution in [0.2, 0.25) is 0 Å². The van der Waals surface area contributed by atoms with E-state index in [1.807, 2.05) is 0 Å². The topological polar surface area (TPSA) is 77.1 Å². The lowest BCUT2D eigenvalue weighted by atomic mass is 10.0. The van der Waals surface area contributed by atoms with Gasteiger partial charge in [-0.1, -0.05) is 0 Å². The van der Waals surface area contributed by atoms with Crippen molar-refractivity contribution in [3.05, 3.63) is 75.3 Å². The molecule has 6 nitrogen and oxygen atoms in total. The van der Waals surface area contributed by atoms with E-state index in [1.165, 1.54) is 4.57 Å². The van der Waals surface area contributed by atoms with Gasteiger partial charge in [0.15, 0.2) is 22.8 Å². The fourth-order valence-electron chi connectivity index (χ4n) is 3.11. The smallest absolute Gasteiger partial charge is 0.435 e. The minimum atomic E-state index is -4.65. The molecule has 0 aliphatic rings. The Morgan fingerprint density at radius 2 is 1.83 bits per heavy atom. The summed E-state index contributed by atoms with van der Waals surface area (Å²) in [5.74, 6) is -3.98. The first-order valence-electron chi connectivity index (χ1n) is 8.59. The van der Waals surface area contributed by atoms with Crippen molar-refractivity contribution < 1.29 is 31.9 Å². The van der Waals surface area contributed by atoms with Gasteiger partial charge in [-0.2, -0.15) is 18.3 Å². The quantitative estimate of drug-likeness (QED) is 0.629. The molecule has 0 unspecified atom stereocenters. The number of nitrogens with zero attached hydrogens (tertiary/aromatic N) is 3. The molecule has 0 radical (unpaired) electrons. The molecule has 0 fully saturated rings. The Bertz CT molecular complexity index is 1180. The van der Waals surface area contributed by atoms with Gasteiger partial charge in [0.1, 0.15) is 5.56 Å². The normalized spacial score (nSPS) is 11.7. The summed E-state index contributed by atoms with van der Waals surface area (Å²) >= 11 is 0. The minimum Gasteiger partial charge on any atom is -0.477 e. The van der Waals surface area contributed by atoms with Crippen LogP contribution in [0.25, 0.3) is 11.3 Å². The SMILES string of the molecule is CCn1c(Cn2ccc(C(F)(F)F)n2)cc(=O)c(C(=O)O)c1-c1ccc(F)c(F)c1. The Labute approximate surface area is 165 Å². The number of halogens is 5. The van der Waals surface area contributed by atoms with Crippen LogP contribution in [0.15, 0.2) is 41.3 Å². The summed E-state index contributed by atoms with van der Waals surface area (Å²) in [7, 11) is 0. The lowest BCUT2D eigenvalue weighted by Gasteiger charge is -2.20. The summed E-state index contributed by atoms with van der Waals surface area (Å²) in [6, 6.07) is 4.39. The Balaban J connectivity index is 2.21. The van der Waals surface area contributed by atoms with Gasteiger partial charge >= 0.3 is 12.1 Å². The second kappa shape index (κ2) is 7.73. The molecule has 0 saturated heterocycles. The zero-order valence-electron chi connectivity index (χ0n) is 15.4. The first-order valence-corrected chi connectivity index (χ1v) is 8.59. The molecule has 0 amide bonds. The molecule has 2 aromatic heterocycles. The first-order chi connectivity index (χ1) is 14.0. The number of carboxylic acid groups (broad SMARTS) is 1. The molecule has 0 bridgehead atoms. The highest BCUT2D eigenvalue weighted by atomic mass is 19.4. The number of carboxylic acids is 1. The van der Waals surface area contributed by atoms with Gasteiger partial charge in [-0.25, -0.2) is 13.6 Å². The second-order valence-electron chi connectivity index (χ2n) is 6.30. The summed E-state index contributed by atoms with van der Waals surface area (Å²) in [6.45, 7) is 1.42. The van der Waals surface area contributed by atoms with Gasteiger partial charge in [0, 0.05) is 30.1 Å². The van der Waals surface area contributed by atoms with E-state index in [-0.39, 0.29) is 30.0 Å². The lowest BCUT2D eigenvalue weighted by Crippen LogP contribution is -2.24. The molecule has 3 aromatic rings. The van der Waals surface area contributed by atoms with E-state index in [9.17, 15) is 36.6 Å². The second-order valence-corrected chi connectivity index (χ2v) is 6.30. The van der Waals surface area contributed by atoms with Crippen LogP contribution in [0.1, 0.15) is 28.7 Å². The largest absolute Gasteiger partial charge is 0.477 e. The van der Waals surface area contributed by atoms with Crippen LogP contribution in [-0.2, 0) is 19.3 Å². The molecule has 30 heavy (non-hydrogen) atoms. The number of pyridine rings is 1. The highest BCUT2D eigenvalue weighted by Gasteiger charge is 2.33. The van der Waals surface area contributed by atoms with Gasteiger partial charge in [-0.15, -0.1) is 0 Å². The fourth-order valence-corrected chi connectivity index (χ4v) is 3.11. The van der Waals surface area contributed by atoms with Crippen LogP contribution in [0.3, 0.4) is 0 Å². The van der Waals surface area contributed by atoms with Crippen LogP contribution in [-0.4, -0.2) is 25.4 Å². The average molecular weight is 427 g/mol. The van der Waals surface area contributed by atoms with Crippen LogP contribution < -0.4 is 5.43 Å². The summed E-state index contributed by atoms with van der Waals surface area (Å²) in [6.07, 6.45) is -3.59. The Morgan fingerprint density at radius 1 is 1.13 bits per heavy atom. The third-order valence-electron chi connectivity index (χ3n) is 4.38. The molecule has 0 saturated carbocycles. The Kier molecular flexibility index (Phi) is 5.47. The standard InChI is InChI=1S/C19H14F5N3O3/c1-2-27-11(9-26-6-5-15(25-26)19(22,23)24)8-14(28)16(18(29)30)17(27)10-3-4-12(20)13(21)7-10/h3-8H,2,9H2,1H3,(H,29,30). The maximum absolute atomic E-state index is 13.8. The van der Waals surface area contributed by atoms with Gasteiger partial charge in [-0.3, -0.25) is 9.48 Å². The molecule has 0 atom stereocenters. The van der Waals surface area contributed by atoms with E-state index in [1.54, 1.807) is 6.92 Å². The molecule has 1 aromatic carbocycles. The molecule has 0 spiro atoms. The molecular weight excluding hydrogens is 413 g/mol. The number of alkyl halides is 3. The van der Waals surface area contributed by atoms with Crippen LogP contribution in [0, 0.1) is 11.6 Å². The monoisotopic (exact) mass is 427 g/mol. The zero-order valence-corrected chi connectivity index (χ0v) is 15.4. The van der Waals surface area contributed by atoms with E-state index in [0.29, 0.717) is 0 Å². The van der Waals surface area contributed by atoms with Crippen molar-refractivity contribution in [2.45, 2.75) is 26.2 Å². The van der Waals surface area contributed by atoms with E-state index < -0.39 is 40.5 Å². The maximum Gasteiger partial charge on any atom is 0.435 e. The van der Waals surface area contributed by atoms with Crippen molar-refractivity contribution >= 4 is 5.97 Å². The highest BCUT2D eigenvalue weighted by Crippen LogP contribution is 2.28. The van der Waals surface area contributed by atoms with Crippen LogP contribution >= 0.6 is 0 Å². The van der Waals surface area contributed by atoms with Gasteiger partial charge < -0.3 is 9.67 Å². The number of benzene rings is 1. The summed E-state index contributed by atoms with van der Waals surface area (Å²) in [4.78, 5) is 24.2. The van der Waals surface area contributed by atoms with Gasteiger partial charge in [0.25, 0.3) is 0 Å². The predicted molar refractivity (Wildman–Crippen MR) is 95.0 cm³/mol. The van der Waals surface area contributed by atoms with Crippen molar-refractivity contribution in [3.63, 3.8) is 0 Å². The fraction of sp³-hybridized carbons (Fsp3) is 0.211. The molecular formula is C19H14F5N3O3. The first kappa shape index (κ1) is 21.2. The van der Waals surface area contributed by atoms with E-state index in [2.05, 4.69) is 5.10 Å². The molecule has 11 heteroatoms. The van der Waals surface area contributed by atoms with E-state index >= 15 is 0 Å². The number of aromatic nitrogens is 3. The number of hydrogen-bond donors (Lipinski definition) is 1. The van der Waals surface area contributed by atoms with Gasteiger partial charge in [-0.05, 0) is 31.2 Å². The minimum absolute atomic E-state index is 0.0662.